The van der Waals surface area contributed by atoms with E-state index in [0.717, 1.165) is 6.26 Å². The number of nitrogens with one attached hydrogen (secondary N) is 1. The number of aromatic nitrogens is 3. The topological polar surface area (TPSA) is 123 Å². The van der Waals surface area contributed by atoms with Gasteiger partial charge in [-0.3, -0.25) is 4.79 Å². The first-order chi connectivity index (χ1) is 15.1. The average Bonchev–Trinajstić information content (AvgIpc) is 3.12. The Hall–Kier alpha value is -2.69. The molecule has 9 nitrogen and oxygen atoms in total. The van der Waals surface area contributed by atoms with Crippen LogP contribution in [0.2, 0.25) is 5.02 Å². The van der Waals surface area contributed by atoms with Crippen molar-refractivity contribution in [3.63, 3.8) is 0 Å². The fourth-order valence-corrected chi connectivity index (χ4v) is 3.89. The molecule has 0 aliphatic heterocycles. The molecule has 2 N–H and O–H groups in total. The third kappa shape index (κ3) is 6.18. The minimum absolute atomic E-state index is 0.00217. The number of aliphatic carboxylic acids is 1. The van der Waals surface area contributed by atoms with Crippen molar-refractivity contribution in [3.05, 3.63) is 52.0 Å². The fraction of sp³-hybridized carbons (Fsp3) is 0.381. The molecular weight excluding hydrogens is 456 g/mol. The van der Waals surface area contributed by atoms with E-state index in [2.05, 4.69) is 15.0 Å². The van der Waals surface area contributed by atoms with Crippen molar-refractivity contribution in [1.29, 1.82) is 0 Å². The SMILES string of the molecule is CC.COc1cc(C(CC(=O)O)c2ccc(Cl)c(CNS(C)(=O)=O)c2)cc2nnn(C)c12. The number of benzene rings is 2. The second-order valence-corrected chi connectivity index (χ2v) is 9.14. The van der Waals surface area contributed by atoms with Crippen LogP contribution in [-0.2, 0) is 28.4 Å². The lowest BCUT2D eigenvalue weighted by Gasteiger charge is -2.19. The number of sulfonamides is 1. The molecule has 1 heterocycles. The van der Waals surface area contributed by atoms with Crippen LogP contribution in [0.3, 0.4) is 0 Å². The molecule has 3 rings (SSSR count). The van der Waals surface area contributed by atoms with Crippen LogP contribution in [-0.4, -0.2) is 47.9 Å². The van der Waals surface area contributed by atoms with Crippen molar-refractivity contribution in [3.8, 4) is 5.75 Å². The number of carboxylic acid groups (broad SMARTS) is 1. The summed E-state index contributed by atoms with van der Waals surface area (Å²) in [5.41, 5.74) is 3.19. The second kappa shape index (κ2) is 10.8. The molecule has 1 atom stereocenters. The molecule has 0 aliphatic carbocycles. The lowest BCUT2D eigenvalue weighted by molar-refractivity contribution is -0.137. The van der Waals surface area contributed by atoms with E-state index in [9.17, 15) is 18.3 Å². The monoisotopic (exact) mass is 482 g/mol. The summed E-state index contributed by atoms with van der Waals surface area (Å²) in [6, 6.07) is 8.61. The van der Waals surface area contributed by atoms with Crippen molar-refractivity contribution >= 4 is 38.6 Å². The highest BCUT2D eigenvalue weighted by Crippen LogP contribution is 2.35. The summed E-state index contributed by atoms with van der Waals surface area (Å²) in [6.45, 7) is 4.00. The van der Waals surface area contributed by atoms with Gasteiger partial charge in [-0.25, -0.2) is 17.8 Å². The Morgan fingerprint density at radius 2 is 1.94 bits per heavy atom. The highest BCUT2D eigenvalue weighted by Gasteiger charge is 2.22. The molecular formula is C21H27ClN4O5S. The summed E-state index contributed by atoms with van der Waals surface area (Å²) < 4.78 is 32.3. The molecule has 0 fully saturated rings. The zero-order valence-electron chi connectivity index (χ0n) is 18.6. The number of hydrogen-bond acceptors (Lipinski definition) is 6. The highest BCUT2D eigenvalue weighted by molar-refractivity contribution is 7.88. The Balaban J connectivity index is 0.00000176. The molecule has 32 heavy (non-hydrogen) atoms. The molecule has 2 aromatic carbocycles. The van der Waals surface area contributed by atoms with E-state index < -0.39 is 21.9 Å². The third-order valence-electron chi connectivity index (χ3n) is 4.69. The predicted molar refractivity (Wildman–Crippen MR) is 124 cm³/mol. The molecule has 0 spiro atoms. The molecule has 0 bridgehead atoms. The quantitative estimate of drug-likeness (QED) is 0.504. The van der Waals surface area contributed by atoms with E-state index in [1.54, 1.807) is 42.1 Å². The Kier molecular flexibility index (Phi) is 8.59. The maximum atomic E-state index is 11.6. The Morgan fingerprint density at radius 3 is 2.53 bits per heavy atom. The van der Waals surface area contributed by atoms with Gasteiger partial charge in [-0.05, 0) is 34.9 Å². The second-order valence-electron chi connectivity index (χ2n) is 6.90. The Bertz CT molecular complexity index is 1210. The van der Waals surface area contributed by atoms with Gasteiger partial charge in [-0.15, -0.1) is 5.10 Å². The molecule has 0 amide bonds. The summed E-state index contributed by atoms with van der Waals surface area (Å²) in [5, 5.41) is 18.0. The molecule has 0 saturated heterocycles. The minimum atomic E-state index is -3.41. The lowest BCUT2D eigenvalue weighted by Crippen LogP contribution is -2.21. The van der Waals surface area contributed by atoms with Crippen molar-refractivity contribution in [2.75, 3.05) is 13.4 Å². The van der Waals surface area contributed by atoms with Crippen molar-refractivity contribution < 1.29 is 23.1 Å². The van der Waals surface area contributed by atoms with E-state index >= 15 is 0 Å². The van der Waals surface area contributed by atoms with Gasteiger partial charge in [0.15, 0.2) is 0 Å². The molecule has 1 unspecified atom stereocenters. The number of nitrogens with zero attached hydrogens (tertiary/aromatic N) is 3. The van der Waals surface area contributed by atoms with Crippen LogP contribution >= 0.6 is 11.6 Å². The van der Waals surface area contributed by atoms with Gasteiger partial charge in [0, 0.05) is 24.5 Å². The third-order valence-corrected chi connectivity index (χ3v) is 5.72. The van der Waals surface area contributed by atoms with Crippen LogP contribution in [0.15, 0.2) is 30.3 Å². The molecule has 1 aromatic heterocycles. The van der Waals surface area contributed by atoms with Gasteiger partial charge in [0.2, 0.25) is 10.0 Å². The van der Waals surface area contributed by atoms with Crippen LogP contribution in [0.1, 0.15) is 42.9 Å². The number of halogens is 1. The van der Waals surface area contributed by atoms with Crippen LogP contribution in [0.5, 0.6) is 5.75 Å². The first-order valence-electron chi connectivity index (χ1n) is 9.91. The molecule has 0 saturated carbocycles. The maximum Gasteiger partial charge on any atom is 0.304 e. The Morgan fingerprint density at radius 1 is 1.25 bits per heavy atom. The normalized spacial score (nSPS) is 12.2. The number of fused-ring (bicyclic) bond motifs is 1. The minimum Gasteiger partial charge on any atom is -0.494 e. The first-order valence-corrected chi connectivity index (χ1v) is 12.2. The number of ether oxygens (including phenoxy) is 1. The molecule has 174 valence electrons. The fourth-order valence-electron chi connectivity index (χ4n) is 3.29. The van der Waals surface area contributed by atoms with Crippen molar-refractivity contribution in [2.45, 2.75) is 32.7 Å². The van der Waals surface area contributed by atoms with Gasteiger partial charge in [0.1, 0.15) is 16.8 Å². The van der Waals surface area contributed by atoms with E-state index in [0.29, 0.717) is 38.5 Å². The number of hydrogen-bond donors (Lipinski definition) is 2. The van der Waals surface area contributed by atoms with E-state index in [4.69, 9.17) is 16.3 Å². The van der Waals surface area contributed by atoms with Crippen molar-refractivity contribution in [2.24, 2.45) is 7.05 Å². The van der Waals surface area contributed by atoms with E-state index in [1.165, 1.54) is 7.11 Å². The summed E-state index contributed by atoms with van der Waals surface area (Å²) in [7, 11) is -0.146. The van der Waals surface area contributed by atoms with Crippen molar-refractivity contribution in [1.82, 2.24) is 19.7 Å². The number of carboxylic acids is 1. The van der Waals surface area contributed by atoms with Gasteiger partial charge >= 0.3 is 5.97 Å². The number of aryl methyl sites for hydroxylation is 1. The number of rotatable bonds is 8. The van der Waals surface area contributed by atoms with Gasteiger partial charge in [-0.2, -0.15) is 0 Å². The molecule has 3 aromatic rings. The standard InChI is InChI=1S/C19H21ClN4O5S.C2H6/c1-24-19-16(22-23-24)7-12(8-17(19)29-2)14(9-18(25)26)11-4-5-15(20)13(6-11)10-21-30(3,27)28;1-2/h4-8,14,21H,9-10H2,1-3H3,(H,25,26);1-2H3. The summed E-state index contributed by atoms with van der Waals surface area (Å²) in [5.74, 6) is -0.987. The predicted octanol–water partition coefficient (Wildman–Crippen LogP) is 3.31. The number of methoxy groups -OCH3 is 1. The highest BCUT2D eigenvalue weighted by atomic mass is 35.5. The molecule has 0 radical (unpaired) electrons. The smallest absolute Gasteiger partial charge is 0.304 e. The van der Waals surface area contributed by atoms with Crippen LogP contribution in [0.4, 0.5) is 0 Å². The first kappa shape index (κ1) is 25.6. The average molecular weight is 483 g/mol. The van der Waals surface area contributed by atoms with Crippen LogP contribution in [0.25, 0.3) is 11.0 Å². The van der Waals surface area contributed by atoms with Gasteiger partial charge in [0.25, 0.3) is 0 Å². The lowest BCUT2D eigenvalue weighted by atomic mass is 9.87. The zero-order chi connectivity index (χ0) is 24.1. The molecule has 0 aliphatic rings. The van der Waals surface area contributed by atoms with Gasteiger partial charge in [-0.1, -0.05) is 42.8 Å². The summed E-state index contributed by atoms with van der Waals surface area (Å²) >= 11 is 6.22. The van der Waals surface area contributed by atoms with E-state index in [1.807, 2.05) is 13.8 Å². The zero-order valence-corrected chi connectivity index (χ0v) is 20.2. The largest absolute Gasteiger partial charge is 0.494 e. The van der Waals surface area contributed by atoms with Crippen LogP contribution < -0.4 is 9.46 Å². The van der Waals surface area contributed by atoms with Gasteiger partial charge < -0.3 is 9.84 Å². The van der Waals surface area contributed by atoms with E-state index in [-0.39, 0.29) is 13.0 Å². The Labute approximate surface area is 192 Å². The molecule has 11 heteroatoms. The van der Waals surface area contributed by atoms with Gasteiger partial charge in [0.05, 0.1) is 19.8 Å². The number of carbonyl (C=O) groups is 1. The van der Waals surface area contributed by atoms with Crippen LogP contribution in [0, 0.1) is 0 Å². The summed E-state index contributed by atoms with van der Waals surface area (Å²) in [6.07, 6.45) is 0.871. The maximum absolute atomic E-state index is 11.6. The summed E-state index contributed by atoms with van der Waals surface area (Å²) in [4.78, 5) is 11.6.